The molecule has 1 N–H and O–H groups in total. The van der Waals surface area contributed by atoms with Crippen LogP contribution in [0.4, 0.5) is 13.2 Å². The molecule has 0 bridgehead atoms. The monoisotopic (exact) mass is 430 g/mol. The summed E-state index contributed by atoms with van der Waals surface area (Å²) in [5.41, 5.74) is 0.684. The van der Waals surface area contributed by atoms with Crippen molar-refractivity contribution < 1.29 is 17.9 Å². The lowest BCUT2D eigenvalue weighted by atomic mass is 9.79. The molecule has 1 aromatic heterocycles. The van der Waals surface area contributed by atoms with E-state index in [-0.39, 0.29) is 12.2 Å². The summed E-state index contributed by atoms with van der Waals surface area (Å²) in [5.74, 6) is -0.812. The van der Waals surface area contributed by atoms with Crippen LogP contribution in [-0.4, -0.2) is 18.3 Å². The summed E-state index contributed by atoms with van der Waals surface area (Å²) in [6, 6.07) is 8.23. The molecule has 154 valence electrons. The second-order valence-corrected chi connectivity index (χ2v) is 7.42. The van der Waals surface area contributed by atoms with Gasteiger partial charge in [-0.2, -0.15) is 23.7 Å². The lowest BCUT2D eigenvalue weighted by molar-refractivity contribution is -0.0969. The third kappa shape index (κ3) is 3.77. The summed E-state index contributed by atoms with van der Waals surface area (Å²) in [4.78, 5) is 4.47. The molecule has 1 aliphatic heterocycles. The van der Waals surface area contributed by atoms with Gasteiger partial charge in [-0.1, -0.05) is 13.0 Å². The molecule has 0 amide bonds. The third-order valence-corrected chi connectivity index (χ3v) is 5.72. The minimum Gasteiger partial charge on any atom is -0.496 e. The van der Waals surface area contributed by atoms with Crippen LogP contribution >= 0.6 is 11.3 Å². The Balaban J connectivity index is 2.38. The Hall–Kier alpha value is -3.30. The van der Waals surface area contributed by atoms with Crippen LogP contribution < -0.4 is 10.1 Å². The number of rotatable bonds is 4. The van der Waals surface area contributed by atoms with Gasteiger partial charge in [0.2, 0.25) is 0 Å². The molecule has 0 saturated heterocycles. The summed E-state index contributed by atoms with van der Waals surface area (Å²) in [7, 11) is 1.37. The zero-order valence-corrected chi connectivity index (χ0v) is 17.2. The first-order valence-electron chi connectivity index (χ1n) is 8.97. The number of methoxy groups -OCH3 is 1. The predicted octanol–water partition coefficient (Wildman–Crippen LogP) is 5.18. The fraction of sp³-hybridized carbons (Fsp3) is 0.286. The van der Waals surface area contributed by atoms with Gasteiger partial charge < -0.3 is 10.1 Å². The van der Waals surface area contributed by atoms with Gasteiger partial charge in [0, 0.05) is 27.9 Å². The van der Waals surface area contributed by atoms with E-state index in [9.17, 15) is 23.7 Å². The summed E-state index contributed by atoms with van der Waals surface area (Å²) in [6.45, 7) is 3.53. The van der Waals surface area contributed by atoms with Crippen LogP contribution in [0.5, 0.6) is 5.75 Å². The molecule has 0 saturated carbocycles. The molecule has 1 unspecified atom stereocenters. The molecule has 5 nitrogen and oxygen atoms in total. The number of thiazole rings is 1. The Morgan fingerprint density at radius 2 is 2.00 bits per heavy atom. The average Bonchev–Trinajstić information content (AvgIpc) is 3.16. The van der Waals surface area contributed by atoms with Crippen molar-refractivity contribution in [3.8, 4) is 17.9 Å². The second kappa shape index (κ2) is 8.21. The third-order valence-electron chi connectivity index (χ3n) is 4.73. The zero-order chi connectivity index (χ0) is 22.1. The Morgan fingerprint density at radius 3 is 2.50 bits per heavy atom. The molecular formula is C21H17F3N4OS. The maximum absolute atomic E-state index is 13.8. The molecule has 3 rings (SSSR count). The maximum Gasteiger partial charge on any atom is 0.432 e. The summed E-state index contributed by atoms with van der Waals surface area (Å²) in [6.07, 6.45) is -4.46. The number of nitrogens with one attached hydrogen (secondary N) is 1. The van der Waals surface area contributed by atoms with E-state index >= 15 is 0 Å². The molecule has 0 fully saturated rings. The molecule has 2 aromatic rings. The first-order chi connectivity index (χ1) is 14.2. The maximum atomic E-state index is 13.8. The van der Waals surface area contributed by atoms with Crippen LogP contribution in [0.15, 0.2) is 40.5 Å². The lowest BCUT2D eigenvalue weighted by Gasteiger charge is -2.32. The van der Waals surface area contributed by atoms with E-state index in [4.69, 9.17) is 4.74 Å². The lowest BCUT2D eigenvalue weighted by Crippen LogP contribution is -2.33. The van der Waals surface area contributed by atoms with Gasteiger partial charge in [-0.05, 0) is 25.5 Å². The molecule has 1 aromatic carbocycles. The first-order valence-corrected chi connectivity index (χ1v) is 9.85. The smallest absolute Gasteiger partial charge is 0.432 e. The van der Waals surface area contributed by atoms with Gasteiger partial charge in [0.15, 0.2) is 0 Å². The van der Waals surface area contributed by atoms with Gasteiger partial charge in [0.05, 0.1) is 36.3 Å². The van der Waals surface area contributed by atoms with Crippen LogP contribution in [0.1, 0.15) is 41.1 Å². The number of nitriles is 2. The molecule has 0 aliphatic carbocycles. The van der Waals surface area contributed by atoms with E-state index in [1.807, 2.05) is 6.07 Å². The quantitative estimate of drug-likeness (QED) is 0.723. The highest BCUT2D eigenvalue weighted by atomic mass is 32.1. The fourth-order valence-electron chi connectivity index (χ4n) is 3.43. The van der Waals surface area contributed by atoms with Gasteiger partial charge in [-0.25, -0.2) is 4.98 Å². The second-order valence-electron chi connectivity index (χ2n) is 6.56. The molecule has 0 radical (unpaired) electrons. The van der Waals surface area contributed by atoms with Crippen LogP contribution in [0.2, 0.25) is 0 Å². The Morgan fingerprint density at radius 1 is 1.27 bits per heavy atom. The van der Waals surface area contributed by atoms with E-state index < -0.39 is 23.4 Å². The van der Waals surface area contributed by atoms with Crippen molar-refractivity contribution in [1.82, 2.24) is 10.3 Å². The molecule has 1 atom stereocenters. The number of hydrogen-bond acceptors (Lipinski definition) is 6. The highest BCUT2D eigenvalue weighted by Gasteiger charge is 2.44. The number of allylic oxidation sites excluding steroid dienone is 4. The Bertz CT molecular complexity index is 1130. The highest BCUT2D eigenvalue weighted by molar-refractivity contribution is 7.10. The number of aryl methyl sites for hydroxylation is 1. The number of ether oxygens (including phenoxy) is 1. The molecule has 2 heterocycles. The van der Waals surface area contributed by atoms with Crippen LogP contribution in [0, 0.1) is 29.6 Å². The fourth-order valence-corrected chi connectivity index (χ4v) is 4.33. The van der Waals surface area contributed by atoms with Gasteiger partial charge in [-0.15, -0.1) is 11.3 Å². The Labute approximate surface area is 175 Å². The van der Waals surface area contributed by atoms with Crippen LogP contribution in [0.25, 0.3) is 5.57 Å². The van der Waals surface area contributed by atoms with E-state index in [2.05, 4.69) is 10.3 Å². The highest BCUT2D eigenvalue weighted by Crippen LogP contribution is 2.49. The van der Waals surface area contributed by atoms with Gasteiger partial charge in [0.1, 0.15) is 16.5 Å². The predicted molar refractivity (Wildman–Crippen MR) is 106 cm³/mol. The van der Waals surface area contributed by atoms with E-state index in [1.165, 1.54) is 36.6 Å². The SMILES string of the molecule is CCC1=C(c2nc(C)cs2)C(c2ccc(C#N)cc2OC)C(C#N)=C(C(F)(F)F)N1. The number of benzene rings is 1. The van der Waals surface area contributed by atoms with E-state index in [1.54, 1.807) is 25.3 Å². The first kappa shape index (κ1) is 21.4. The molecule has 1 aliphatic rings. The molecule has 0 spiro atoms. The van der Waals surface area contributed by atoms with Crippen molar-refractivity contribution in [2.75, 3.05) is 7.11 Å². The van der Waals surface area contributed by atoms with Crippen molar-refractivity contribution in [2.45, 2.75) is 32.4 Å². The normalized spacial score (nSPS) is 16.7. The van der Waals surface area contributed by atoms with E-state index in [0.717, 1.165) is 5.69 Å². The van der Waals surface area contributed by atoms with Crippen LogP contribution in [-0.2, 0) is 0 Å². The van der Waals surface area contributed by atoms with Crippen molar-refractivity contribution >= 4 is 16.9 Å². The number of nitrogens with zero attached hydrogens (tertiary/aromatic N) is 3. The topological polar surface area (TPSA) is 81.7 Å². The Kier molecular flexibility index (Phi) is 5.86. The number of dihydropyridines is 1. The van der Waals surface area contributed by atoms with Gasteiger partial charge in [0.25, 0.3) is 0 Å². The standard InChI is InChI=1S/C21H17F3N4OS/c1-4-15-18(20-27-11(2)10-30-20)17(14(9-26)19(28-15)21(22,23)24)13-6-5-12(8-25)7-16(13)29-3/h5-7,10,17,28H,4H2,1-3H3. The van der Waals surface area contributed by atoms with Gasteiger partial charge in [-0.3, -0.25) is 0 Å². The van der Waals surface area contributed by atoms with Crippen LogP contribution in [0.3, 0.4) is 0 Å². The molecule has 30 heavy (non-hydrogen) atoms. The van der Waals surface area contributed by atoms with Crippen molar-refractivity contribution in [3.05, 3.63) is 62.4 Å². The number of hydrogen-bond donors (Lipinski definition) is 1. The summed E-state index contributed by atoms with van der Waals surface area (Å²) in [5, 5.41) is 23.7. The number of halogens is 3. The molecule has 9 heteroatoms. The minimum atomic E-state index is -4.74. The van der Waals surface area contributed by atoms with Crippen molar-refractivity contribution in [2.24, 2.45) is 0 Å². The van der Waals surface area contributed by atoms with Gasteiger partial charge >= 0.3 is 6.18 Å². The largest absolute Gasteiger partial charge is 0.496 e. The number of aromatic nitrogens is 1. The summed E-state index contributed by atoms with van der Waals surface area (Å²) >= 11 is 1.30. The minimum absolute atomic E-state index is 0.233. The summed E-state index contributed by atoms with van der Waals surface area (Å²) < 4.78 is 46.9. The average molecular weight is 430 g/mol. The molecular weight excluding hydrogens is 413 g/mol. The number of alkyl halides is 3. The van der Waals surface area contributed by atoms with E-state index in [0.29, 0.717) is 27.4 Å². The zero-order valence-electron chi connectivity index (χ0n) is 16.4. The van der Waals surface area contributed by atoms with Crippen molar-refractivity contribution in [3.63, 3.8) is 0 Å². The van der Waals surface area contributed by atoms with Crippen molar-refractivity contribution in [1.29, 1.82) is 10.5 Å².